The summed E-state index contributed by atoms with van der Waals surface area (Å²) >= 11 is 0. The molecule has 264 valence electrons. The van der Waals surface area contributed by atoms with E-state index in [0.29, 0.717) is 0 Å². The van der Waals surface area contributed by atoms with Crippen molar-refractivity contribution < 1.29 is 57.2 Å². The summed E-state index contributed by atoms with van der Waals surface area (Å²) in [5.74, 6) is -3.72. The first kappa shape index (κ1) is 37.3. The van der Waals surface area contributed by atoms with E-state index < -0.39 is 35.6 Å². The summed E-state index contributed by atoms with van der Waals surface area (Å²) in [7, 11) is 4.04. The molecule has 0 spiro atoms. The number of amides is 3. The number of rotatable bonds is 15. The van der Waals surface area contributed by atoms with Gasteiger partial charge in [-0.3, -0.25) is 19.7 Å². The fourth-order valence-electron chi connectivity index (χ4n) is 4.04. The van der Waals surface area contributed by atoms with E-state index in [1.165, 1.54) is 100 Å². The van der Waals surface area contributed by atoms with Crippen LogP contribution in [0.5, 0.6) is 17.2 Å². The number of ether oxygens (including phenoxy) is 6. The molecule has 0 saturated carbocycles. The van der Waals surface area contributed by atoms with Gasteiger partial charge in [0.05, 0.1) is 0 Å². The van der Waals surface area contributed by atoms with Gasteiger partial charge in [-0.15, -0.1) is 0 Å². The van der Waals surface area contributed by atoms with Gasteiger partial charge in [0.1, 0.15) is 48.7 Å². The number of benzene rings is 3. The van der Waals surface area contributed by atoms with Crippen molar-refractivity contribution in [2.45, 2.75) is 0 Å². The Morgan fingerprint density at radius 2 is 0.765 bits per heavy atom. The van der Waals surface area contributed by atoms with Gasteiger partial charge in [-0.25, -0.2) is 14.4 Å². The summed E-state index contributed by atoms with van der Waals surface area (Å²) in [5.41, 5.74) is 0.463. The quantitative estimate of drug-likeness (QED) is 0.120. The van der Waals surface area contributed by atoms with Crippen molar-refractivity contribution in [3.8, 4) is 17.2 Å². The maximum atomic E-state index is 13.1. The Kier molecular flexibility index (Phi) is 13.3. The number of nitrogens with zero attached hydrogens (tertiary/aromatic N) is 2. The van der Waals surface area contributed by atoms with Gasteiger partial charge in [0.25, 0.3) is 17.7 Å². The molecule has 3 aromatic carbocycles. The van der Waals surface area contributed by atoms with E-state index in [1.807, 2.05) is 0 Å². The maximum Gasteiger partial charge on any atom is 0.337 e. The Bertz CT molecular complexity index is 1650. The van der Waals surface area contributed by atoms with Crippen molar-refractivity contribution >= 4 is 53.2 Å². The second-order valence-electron chi connectivity index (χ2n) is 10.1. The number of anilines is 3. The van der Waals surface area contributed by atoms with Gasteiger partial charge >= 0.3 is 17.9 Å². The molecule has 4 aromatic rings. The molecular formula is C34H31N5O12. The average molecular weight is 702 g/mol. The normalized spacial score (nSPS) is 10.4. The molecule has 0 aliphatic carbocycles. The summed E-state index contributed by atoms with van der Waals surface area (Å²) in [6, 6.07) is 18.1. The molecule has 0 radical (unpaired) electrons. The van der Waals surface area contributed by atoms with E-state index in [1.54, 1.807) is 0 Å². The monoisotopic (exact) mass is 701 g/mol. The van der Waals surface area contributed by atoms with Crippen LogP contribution in [0.2, 0.25) is 0 Å². The third kappa shape index (κ3) is 11.5. The molecular weight excluding hydrogens is 670 g/mol. The number of carbonyl (C=O) groups is 6. The number of nitrogens with one attached hydrogen (secondary N) is 3. The molecule has 1 heterocycles. The van der Waals surface area contributed by atoms with Gasteiger partial charge in [-0.05, 0) is 72.8 Å². The SMILES string of the molecule is COCC(=O)Oc1ccc(C(=O)Nc2cc(NC(=O)c3ccc(OC(=O)COC)cc3)nc(NC(=O)c3ccc(OC(=O)COC)cc3)n2)cc1. The van der Waals surface area contributed by atoms with E-state index >= 15 is 0 Å². The molecule has 4 rings (SSSR count). The van der Waals surface area contributed by atoms with E-state index in [2.05, 4.69) is 25.9 Å². The topological polar surface area (TPSA) is 220 Å². The first-order valence-corrected chi connectivity index (χ1v) is 14.8. The molecule has 0 saturated heterocycles. The van der Waals surface area contributed by atoms with Gasteiger partial charge < -0.3 is 39.1 Å². The van der Waals surface area contributed by atoms with Crippen LogP contribution in [0.15, 0.2) is 78.9 Å². The molecule has 17 heteroatoms. The smallest absolute Gasteiger partial charge is 0.337 e. The maximum absolute atomic E-state index is 13.1. The molecule has 0 atom stereocenters. The van der Waals surface area contributed by atoms with Crippen LogP contribution in [0, 0.1) is 0 Å². The van der Waals surface area contributed by atoms with Crippen molar-refractivity contribution in [2.75, 3.05) is 57.1 Å². The molecule has 51 heavy (non-hydrogen) atoms. The molecule has 0 aliphatic heterocycles. The molecule has 0 unspecified atom stereocenters. The second-order valence-corrected chi connectivity index (χ2v) is 10.1. The predicted molar refractivity (Wildman–Crippen MR) is 178 cm³/mol. The molecule has 0 fully saturated rings. The van der Waals surface area contributed by atoms with Crippen LogP contribution in [0.4, 0.5) is 17.6 Å². The van der Waals surface area contributed by atoms with Crippen molar-refractivity contribution in [1.29, 1.82) is 0 Å². The number of methoxy groups -OCH3 is 3. The Morgan fingerprint density at radius 3 is 1.06 bits per heavy atom. The Balaban J connectivity index is 1.53. The van der Waals surface area contributed by atoms with E-state index in [9.17, 15) is 28.8 Å². The standard InChI is InChI=1S/C34H31N5O12/c1-46-17-28(40)49-23-10-4-20(5-11-23)31(43)35-26-16-27(36-32(44)21-6-12-24(13-7-21)50-29(41)18-47-2)38-34(37-26)39-33(45)22-8-14-25(15-9-22)51-30(42)19-48-3/h4-16H,17-19H2,1-3H3,(H3,35,36,37,38,39,43,44,45). The second kappa shape index (κ2) is 18.3. The van der Waals surface area contributed by atoms with Crippen LogP contribution in [0.3, 0.4) is 0 Å². The Labute approximate surface area is 290 Å². The first-order valence-electron chi connectivity index (χ1n) is 14.8. The lowest BCUT2D eigenvalue weighted by Gasteiger charge is -2.12. The molecule has 17 nitrogen and oxygen atoms in total. The summed E-state index contributed by atoms with van der Waals surface area (Å²) in [6.07, 6.45) is 0. The summed E-state index contributed by atoms with van der Waals surface area (Å²) in [6.45, 7) is -0.756. The van der Waals surface area contributed by atoms with Gasteiger partial charge in [0.2, 0.25) is 5.95 Å². The zero-order valence-electron chi connectivity index (χ0n) is 27.4. The highest BCUT2D eigenvalue weighted by atomic mass is 16.6. The minimum Gasteiger partial charge on any atom is -0.425 e. The van der Waals surface area contributed by atoms with Gasteiger partial charge in [0.15, 0.2) is 0 Å². The van der Waals surface area contributed by atoms with Crippen LogP contribution >= 0.6 is 0 Å². The molecule has 3 N–H and O–H groups in total. The Morgan fingerprint density at radius 1 is 0.471 bits per heavy atom. The lowest BCUT2D eigenvalue weighted by molar-refractivity contribution is -0.139. The lowest BCUT2D eigenvalue weighted by atomic mass is 10.2. The lowest BCUT2D eigenvalue weighted by Crippen LogP contribution is -2.19. The van der Waals surface area contributed by atoms with Gasteiger partial charge in [0, 0.05) is 44.1 Å². The summed E-state index contributed by atoms with van der Waals surface area (Å²) in [4.78, 5) is 82.7. The highest BCUT2D eigenvalue weighted by Gasteiger charge is 2.17. The zero-order valence-corrected chi connectivity index (χ0v) is 27.4. The van der Waals surface area contributed by atoms with Crippen LogP contribution < -0.4 is 30.2 Å². The predicted octanol–water partition coefficient (Wildman–Crippen LogP) is 2.89. The minimum absolute atomic E-state index is 0.1000. The fraction of sp³-hybridized carbons (Fsp3) is 0.176. The highest BCUT2D eigenvalue weighted by molar-refractivity contribution is 6.07. The van der Waals surface area contributed by atoms with Crippen molar-refractivity contribution in [3.05, 3.63) is 95.6 Å². The zero-order chi connectivity index (χ0) is 36.8. The van der Waals surface area contributed by atoms with Gasteiger partial charge in [-0.2, -0.15) is 9.97 Å². The summed E-state index contributed by atoms with van der Waals surface area (Å²) < 4.78 is 29.5. The van der Waals surface area contributed by atoms with Crippen LogP contribution in [-0.4, -0.2) is 86.7 Å². The minimum atomic E-state index is -0.664. The van der Waals surface area contributed by atoms with Crippen LogP contribution in [0.1, 0.15) is 31.1 Å². The number of carbonyl (C=O) groups excluding carboxylic acids is 6. The molecule has 0 aliphatic rings. The van der Waals surface area contributed by atoms with Gasteiger partial charge in [-0.1, -0.05) is 0 Å². The number of hydrogen-bond acceptors (Lipinski definition) is 14. The van der Waals surface area contributed by atoms with E-state index in [4.69, 9.17) is 28.4 Å². The van der Waals surface area contributed by atoms with Crippen LogP contribution in [0.25, 0.3) is 0 Å². The molecule has 3 amide bonds. The summed E-state index contributed by atoms with van der Waals surface area (Å²) in [5, 5.41) is 7.67. The highest BCUT2D eigenvalue weighted by Crippen LogP contribution is 2.20. The van der Waals surface area contributed by atoms with E-state index in [0.717, 1.165) is 0 Å². The molecule has 1 aromatic heterocycles. The fourth-order valence-corrected chi connectivity index (χ4v) is 4.04. The Hall–Kier alpha value is -6.56. The number of esters is 3. The largest absolute Gasteiger partial charge is 0.425 e. The average Bonchev–Trinajstić information content (AvgIpc) is 3.09. The number of aromatic nitrogens is 2. The first-order chi connectivity index (χ1) is 24.6. The van der Waals surface area contributed by atoms with Crippen LogP contribution in [-0.2, 0) is 28.6 Å². The van der Waals surface area contributed by atoms with E-state index in [-0.39, 0.29) is 71.3 Å². The third-order valence-electron chi connectivity index (χ3n) is 6.27. The van der Waals surface area contributed by atoms with Crippen molar-refractivity contribution in [2.24, 2.45) is 0 Å². The molecule has 0 bridgehead atoms. The van der Waals surface area contributed by atoms with Crippen molar-refractivity contribution in [1.82, 2.24) is 9.97 Å². The van der Waals surface area contributed by atoms with Crippen molar-refractivity contribution in [3.63, 3.8) is 0 Å². The third-order valence-corrected chi connectivity index (χ3v) is 6.27. The number of hydrogen-bond donors (Lipinski definition) is 3.